The van der Waals surface area contributed by atoms with Crippen LogP contribution in [-0.4, -0.2) is 60.3 Å². The molecule has 1 atom stereocenters. The number of ether oxygens (including phenoxy) is 1. The third kappa shape index (κ3) is 2.76. The highest BCUT2D eigenvalue weighted by Gasteiger charge is 2.25. The van der Waals surface area contributed by atoms with Gasteiger partial charge in [-0.1, -0.05) is 5.21 Å². The summed E-state index contributed by atoms with van der Waals surface area (Å²) >= 11 is 1.44. The summed E-state index contributed by atoms with van der Waals surface area (Å²) in [7, 11) is 0. The van der Waals surface area contributed by atoms with Crippen LogP contribution >= 0.6 is 11.5 Å². The molecule has 1 aliphatic heterocycles. The molecule has 0 bridgehead atoms. The molecule has 1 saturated heterocycles. The van der Waals surface area contributed by atoms with Gasteiger partial charge in [0.25, 0.3) is 0 Å². The molecule has 28 heavy (non-hydrogen) atoms. The molecule has 0 amide bonds. The number of fused-ring (bicyclic) bond motifs is 1. The van der Waals surface area contributed by atoms with E-state index in [0.717, 1.165) is 51.8 Å². The number of aromatic amines is 1. The second-order valence-corrected chi connectivity index (χ2v) is 7.53. The van der Waals surface area contributed by atoms with Crippen LogP contribution in [-0.2, 0) is 11.3 Å². The Hall–Kier alpha value is -2.85. The van der Waals surface area contributed by atoms with Crippen LogP contribution in [0, 0.1) is 0 Å². The molecule has 0 spiro atoms. The Balaban J connectivity index is 1.75. The van der Waals surface area contributed by atoms with Crippen LogP contribution in [0.5, 0.6) is 0 Å². The van der Waals surface area contributed by atoms with E-state index in [2.05, 4.69) is 49.7 Å². The average molecular weight is 396 g/mol. The van der Waals surface area contributed by atoms with Crippen molar-refractivity contribution < 1.29 is 4.74 Å². The third-order valence-electron chi connectivity index (χ3n) is 5.02. The lowest BCUT2D eigenvalue weighted by atomic mass is 10.1. The van der Waals surface area contributed by atoms with Crippen molar-refractivity contribution >= 4 is 27.6 Å². The molecule has 4 aromatic rings. The summed E-state index contributed by atoms with van der Waals surface area (Å²) in [6.07, 6.45) is 3.53. The zero-order chi connectivity index (χ0) is 19.1. The Morgan fingerprint density at radius 3 is 3.11 bits per heavy atom. The molecule has 144 valence electrons. The summed E-state index contributed by atoms with van der Waals surface area (Å²) in [5.74, 6) is 0.920. The molecule has 1 aliphatic rings. The summed E-state index contributed by atoms with van der Waals surface area (Å²) < 4.78 is 13.2. The minimum absolute atomic E-state index is 0.253. The van der Waals surface area contributed by atoms with Crippen molar-refractivity contribution in [1.29, 1.82) is 0 Å². The first-order valence-corrected chi connectivity index (χ1v) is 10.1. The quantitative estimate of drug-likeness (QED) is 0.566. The van der Waals surface area contributed by atoms with E-state index < -0.39 is 0 Å². The van der Waals surface area contributed by atoms with Gasteiger partial charge in [0.15, 0.2) is 0 Å². The summed E-state index contributed by atoms with van der Waals surface area (Å²) in [5.41, 5.74) is 4.56. The van der Waals surface area contributed by atoms with E-state index in [1.165, 1.54) is 11.5 Å². The van der Waals surface area contributed by atoms with Crippen molar-refractivity contribution in [3.63, 3.8) is 0 Å². The van der Waals surface area contributed by atoms with Gasteiger partial charge in [-0.2, -0.15) is 9.47 Å². The zero-order valence-corrected chi connectivity index (χ0v) is 16.5. The van der Waals surface area contributed by atoms with Gasteiger partial charge in [-0.15, -0.1) is 5.10 Å². The Morgan fingerprint density at radius 2 is 2.32 bits per heavy atom. The topological polar surface area (TPSA) is 97.6 Å². The van der Waals surface area contributed by atoms with Gasteiger partial charge in [0, 0.05) is 24.8 Å². The third-order valence-corrected chi connectivity index (χ3v) is 5.89. The van der Waals surface area contributed by atoms with Crippen molar-refractivity contribution in [2.24, 2.45) is 0 Å². The second kappa shape index (κ2) is 6.95. The van der Waals surface area contributed by atoms with Gasteiger partial charge in [0.1, 0.15) is 17.0 Å². The first-order valence-electron chi connectivity index (χ1n) is 9.29. The standard InChI is InChI=1S/C18H20N8OS/c1-3-26-14(9-20-24-26)12-8-15(25-6-7-27-10-11(25)2)21-17-16(23-28-18(12)17)13-4-5-19-22-13/h4-5,8-9,11H,3,6-7,10H2,1-2H3,(H,19,22)/t11-/m1/s1. The molecule has 10 heteroatoms. The fourth-order valence-electron chi connectivity index (χ4n) is 3.58. The van der Waals surface area contributed by atoms with Crippen LogP contribution in [0.2, 0.25) is 0 Å². The van der Waals surface area contributed by atoms with Gasteiger partial charge < -0.3 is 9.64 Å². The van der Waals surface area contributed by atoms with Gasteiger partial charge in [-0.3, -0.25) is 5.10 Å². The normalized spacial score (nSPS) is 17.5. The lowest BCUT2D eigenvalue weighted by Crippen LogP contribution is -2.44. The highest BCUT2D eigenvalue weighted by atomic mass is 32.1. The van der Waals surface area contributed by atoms with E-state index in [0.29, 0.717) is 13.2 Å². The molecule has 1 N–H and O–H groups in total. The Kier molecular flexibility index (Phi) is 4.29. The van der Waals surface area contributed by atoms with Crippen molar-refractivity contribution in [2.45, 2.75) is 26.4 Å². The van der Waals surface area contributed by atoms with Crippen LogP contribution < -0.4 is 4.90 Å². The van der Waals surface area contributed by atoms with Gasteiger partial charge in [-0.05, 0) is 37.5 Å². The van der Waals surface area contributed by atoms with Gasteiger partial charge in [0.05, 0.1) is 41.5 Å². The molecule has 0 aliphatic carbocycles. The van der Waals surface area contributed by atoms with Crippen LogP contribution in [0.15, 0.2) is 24.5 Å². The zero-order valence-electron chi connectivity index (χ0n) is 15.7. The Bertz CT molecular complexity index is 1100. The van der Waals surface area contributed by atoms with Crippen molar-refractivity contribution in [1.82, 2.24) is 34.5 Å². The fraction of sp³-hybridized carbons (Fsp3) is 0.389. The van der Waals surface area contributed by atoms with E-state index in [9.17, 15) is 0 Å². The minimum atomic E-state index is 0.253. The maximum atomic E-state index is 5.61. The van der Waals surface area contributed by atoms with Crippen LogP contribution in [0.3, 0.4) is 0 Å². The molecule has 5 heterocycles. The molecular formula is C18H20N8OS. The molecule has 4 aromatic heterocycles. The largest absolute Gasteiger partial charge is 0.377 e. The fourth-order valence-corrected chi connectivity index (χ4v) is 4.43. The van der Waals surface area contributed by atoms with E-state index in [1.54, 1.807) is 12.4 Å². The van der Waals surface area contributed by atoms with E-state index >= 15 is 0 Å². The Morgan fingerprint density at radius 1 is 1.39 bits per heavy atom. The van der Waals surface area contributed by atoms with Crippen LogP contribution in [0.1, 0.15) is 13.8 Å². The number of anilines is 1. The number of hydrogen-bond acceptors (Lipinski definition) is 8. The minimum Gasteiger partial charge on any atom is -0.377 e. The van der Waals surface area contributed by atoms with Gasteiger partial charge in [-0.25, -0.2) is 9.67 Å². The maximum Gasteiger partial charge on any atom is 0.130 e. The highest BCUT2D eigenvalue weighted by Crippen LogP contribution is 2.38. The maximum absolute atomic E-state index is 5.61. The van der Waals surface area contributed by atoms with Gasteiger partial charge in [0.2, 0.25) is 0 Å². The predicted octanol–water partition coefficient (Wildman–Crippen LogP) is 2.58. The van der Waals surface area contributed by atoms with E-state index in [1.807, 2.05) is 10.7 Å². The summed E-state index contributed by atoms with van der Waals surface area (Å²) in [6.45, 7) is 7.16. The number of hydrogen-bond donors (Lipinski definition) is 1. The van der Waals surface area contributed by atoms with E-state index in [-0.39, 0.29) is 6.04 Å². The van der Waals surface area contributed by atoms with Crippen LogP contribution in [0.25, 0.3) is 32.9 Å². The Labute approximate surface area is 165 Å². The highest BCUT2D eigenvalue weighted by molar-refractivity contribution is 7.14. The average Bonchev–Trinajstić information content (AvgIpc) is 3.46. The number of nitrogens with zero attached hydrogens (tertiary/aromatic N) is 7. The van der Waals surface area contributed by atoms with E-state index in [4.69, 9.17) is 9.72 Å². The van der Waals surface area contributed by atoms with Gasteiger partial charge >= 0.3 is 0 Å². The summed E-state index contributed by atoms with van der Waals surface area (Å²) in [6, 6.07) is 4.30. The monoisotopic (exact) mass is 396 g/mol. The number of aromatic nitrogens is 7. The first kappa shape index (κ1) is 17.3. The van der Waals surface area contributed by atoms with Crippen LogP contribution in [0.4, 0.5) is 5.82 Å². The lowest BCUT2D eigenvalue weighted by molar-refractivity contribution is 0.0986. The number of rotatable bonds is 4. The second-order valence-electron chi connectivity index (χ2n) is 6.76. The molecule has 1 fully saturated rings. The molecule has 9 nitrogen and oxygen atoms in total. The number of H-pyrrole nitrogens is 1. The molecule has 0 saturated carbocycles. The first-order chi connectivity index (χ1) is 13.8. The number of morpholine rings is 1. The smallest absolute Gasteiger partial charge is 0.130 e. The molecule has 5 rings (SSSR count). The van der Waals surface area contributed by atoms with Crippen molar-refractivity contribution in [2.75, 3.05) is 24.7 Å². The summed E-state index contributed by atoms with van der Waals surface area (Å²) in [5, 5.41) is 15.4. The molecule has 0 unspecified atom stereocenters. The molecular weight excluding hydrogens is 376 g/mol. The number of aryl methyl sites for hydroxylation is 1. The van der Waals surface area contributed by atoms with Crippen molar-refractivity contribution in [3.8, 4) is 22.6 Å². The summed E-state index contributed by atoms with van der Waals surface area (Å²) in [4.78, 5) is 7.30. The molecule has 0 radical (unpaired) electrons. The SMILES string of the molecule is CCn1nncc1-c1cc(N2CCOC[C@H]2C)nc2c(-c3ccn[nH]3)nsc12. The predicted molar refractivity (Wildman–Crippen MR) is 107 cm³/mol. The number of nitrogens with one attached hydrogen (secondary N) is 1. The number of pyridine rings is 1. The van der Waals surface area contributed by atoms with Crippen molar-refractivity contribution in [3.05, 3.63) is 24.5 Å². The lowest BCUT2D eigenvalue weighted by Gasteiger charge is -2.34. The molecule has 0 aromatic carbocycles.